The number of aromatic nitrogens is 1. The van der Waals surface area contributed by atoms with Crippen LogP contribution in [0.15, 0.2) is 36.5 Å². The minimum absolute atomic E-state index is 0.0398. The van der Waals surface area contributed by atoms with Crippen LogP contribution >= 0.6 is 11.8 Å². The predicted molar refractivity (Wildman–Crippen MR) is 83.0 cm³/mol. The highest BCUT2D eigenvalue weighted by molar-refractivity contribution is 7.99. The SMILES string of the molecule is COC(=O)c1cn2c(c1C(=O)OC)CSC2c1ccccc1. The molecule has 0 spiro atoms. The first-order chi connectivity index (χ1) is 10.7. The van der Waals surface area contributed by atoms with E-state index in [-0.39, 0.29) is 10.9 Å². The highest BCUT2D eigenvalue weighted by atomic mass is 32.2. The zero-order chi connectivity index (χ0) is 15.7. The Bertz CT molecular complexity index is 723. The summed E-state index contributed by atoms with van der Waals surface area (Å²) in [6, 6.07) is 9.96. The first-order valence-corrected chi connectivity index (χ1v) is 7.79. The summed E-state index contributed by atoms with van der Waals surface area (Å²) in [5, 5.41) is 0.0398. The molecular weight excluding hydrogens is 302 g/mol. The Labute approximate surface area is 132 Å². The summed E-state index contributed by atoms with van der Waals surface area (Å²) in [7, 11) is 2.61. The van der Waals surface area contributed by atoms with Crippen LogP contribution in [0.3, 0.4) is 0 Å². The standard InChI is InChI=1S/C16H15NO4S/c1-20-15(18)11-8-17-12(13(11)16(19)21-2)9-22-14(17)10-6-4-3-5-7-10/h3-8,14H,9H2,1-2H3. The van der Waals surface area contributed by atoms with Crippen molar-refractivity contribution in [3.63, 3.8) is 0 Å². The molecule has 0 radical (unpaired) electrons. The van der Waals surface area contributed by atoms with Crippen molar-refractivity contribution in [2.24, 2.45) is 0 Å². The van der Waals surface area contributed by atoms with Crippen LogP contribution in [0.2, 0.25) is 0 Å². The first kappa shape index (κ1) is 14.7. The lowest BCUT2D eigenvalue weighted by Gasteiger charge is -2.12. The molecule has 22 heavy (non-hydrogen) atoms. The van der Waals surface area contributed by atoms with Gasteiger partial charge in [0.15, 0.2) is 0 Å². The van der Waals surface area contributed by atoms with Gasteiger partial charge in [0.1, 0.15) is 5.37 Å². The minimum atomic E-state index is -0.529. The molecule has 114 valence electrons. The minimum Gasteiger partial charge on any atom is -0.465 e. The molecule has 0 N–H and O–H groups in total. The topological polar surface area (TPSA) is 57.5 Å². The number of rotatable bonds is 3. The molecule has 5 nitrogen and oxygen atoms in total. The number of thioether (sulfide) groups is 1. The van der Waals surface area contributed by atoms with Gasteiger partial charge in [-0.15, -0.1) is 11.8 Å². The predicted octanol–water partition coefficient (Wildman–Crippen LogP) is 2.86. The van der Waals surface area contributed by atoms with Crippen LogP contribution in [-0.2, 0) is 15.2 Å². The fourth-order valence-corrected chi connectivity index (χ4v) is 3.94. The fraction of sp³-hybridized carbons (Fsp3) is 0.250. The second-order valence-electron chi connectivity index (χ2n) is 4.83. The third-order valence-electron chi connectivity index (χ3n) is 3.65. The molecule has 0 amide bonds. The number of methoxy groups -OCH3 is 2. The second-order valence-corrected chi connectivity index (χ2v) is 5.90. The van der Waals surface area contributed by atoms with E-state index in [9.17, 15) is 9.59 Å². The number of carbonyl (C=O) groups is 2. The van der Waals surface area contributed by atoms with Crippen LogP contribution < -0.4 is 0 Å². The smallest absolute Gasteiger partial charge is 0.340 e. The molecule has 1 atom stereocenters. The van der Waals surface area contributed by atoms with Crippen LogP contribution in [0.5, 0.6) is 0 Å². The molecule has 2 aromatic rings. The van der Waals surface area contributed by atoms with Gasteiger partial charge in [-0.1, -0.05) is 30.3 Å². The van der Waals surface area contributed by atoms with Gasteiger partial charge in [0.25, 0.3) is 0 Å². The molecule has 1 unspecified atom stereocenters. The lowest BCUT2D eigenvalue weighted by Crippen LogP contribution is -2.10. The van der Waals surface area contributed by atoms with Gasteiger partial charge in [-0.05, 0) is 5.56 Å². The van der Waals surface area contributed by atoms with E-state index in [1.54, 1.807) is 18.0 Å². The average molecular weight is 317 g/mol. The van der Waals surface area contributed by atoms with Crippen molar-refractivity contribution in [2.75, 3.05) is 14.2 Å². The van der Waals surface area contributed by atoms with E-state index >= 15 is 0 Å². The molecule has 1 aromatic heterocycles. The van der Waals surface area contributed by atoms with Crippen molar-refractivity contribution < 1.29 is 19.1 Å². The number of fused-ring (bicyclic) bond motifs is 1. The number of benzene rings is 1. The first-order valence-electron chi connectivity index (χ1n) is 6.74. The number of hydrogen-bond donors (Lipinski definition) is 0. The summed E-state index contributed by atoms with van der Waals surface area (Å²) in [6.07, 6.45) is 1.69. The normalized spacial score (nSPS) is 16.2. The lowest BCUT2D eigenvalue weighted by molar-refractivity contribution is 0.0556. The van der Waals surface area contributed by atoms with Crippen molar-refractivity contribution in [2.45, 2.75) is 11.1 Å². The van der Waals surface area contributed by atoms with E-state index in [0.717, 1.165) is 11.3 Å². The van der Waals surface area contributed by atoms with Gasteiger partial charge < -0.3 is 14.0 Å². The molecule has 0 fully saturated rings. The molecule has 1 aromatic carbocycles. The van der Waals surface area contributed by atoms with Gasteiger partial charge in [0, 0.05) is 17.6 Å². The van der Waals surface area contributed by atoms with Crippen molar-refractivity contribution in [3.05, 3.63) is 58.9 Å². The Kier molecular flexibility index (Phi) is 3.94. The molecule has 0 bridgehead atoms. The number of ether oxygens (including phenoxy) is 2. The van der Waals surface area contributed by atoms with Crippen molar-refractivity contribution in [1.82, 2.24) is 4.57 Å². The van der Waals surface area contributed by atoms with Crippen molar-refractivity contribution in [1.29, 1.82) is 0 Å². The van der Waals surface area contributed by atoms with Gasteiger partial charge in [-0.25, -0.2) is 9.59 Å². The zero-order valence-corrected chi connectivity index (χ0v) is 13.1. The van der Waals surface area contributed by atoms with Crippen LogP contribution in [0.25, 0.3) is 0 Å². The van der Waals surface area contributed by atoms with Gasteiger partial charge in [-0.2, -0.15) is 0 Å². The molecule has 0 saturated heterocycles. The Hall–Kier alpha value is -2.21. The van der Waals surface area contributed by atoms with E-state index in [1.807, 2.05) is 34.9 Å². The third kappa shape index (κ3) is 2.29. The van der Waals surface area contributed by atoms with E-state index in [0.29, 0.717) is 11.3 Å². The van der Waals surface area contributed by atoms with E-state index in [1.165, 1.54) is 14.2 Å². The van der Waals surface area contributed by atoms with E-state index in [4.69, 9.17) is 9.47 Å². The number of nitrogens with zero attached hydrogens (tertiary/aromatic N) is 1. The summed E-state index contributed by atoms with van der Waals surface area (Å²) in [4.78, 5) is 24.0. The molecule has 1 aliphatic rings. The monoisotopic (exact) mass is 317 g/mol. The van der Waals surface area contributed by atoms with Crippen LogP contribution in [0.4, 0.5) is 0 Å². The average Bonchev–Trinajstić information content (AvgIpc) is 3.13. The van der Waals surface area contributed by atoms with Gasteiger partial charge in [0.2, 0.25) is 0 Å². The second kappa shape index (κ2) is 5.88. The fourth-order valence-electron chi connectivity index (χ4n) is 2.63. The largest absolute Gasteiger partial charge is 0.465 e. The van der Waals surface area contributed by atoms with Crippen molar-refractivity contribution in [3.8, 4) is 0 Å². The van der Waals surface area contributed by atoms with Gasteiger partial charge in [-0.3, -0.25) is 0 Å². The summed E-state index contributed by atoms with van der Waals surface area (Å²) in [5.41, 5.74) is 2.48. The van der Waals surface area contributed by atoms with Crippen LogP contribution in [0, 0.1) is 0 Å². The van der Waals surface area contributed by atoms with Gasteiger partial charge >= 0.3 is 11.9 Å². The maximum atomic E-state index is 12.1. The van der Waals surface area contributed by atoms with Crippen LogP contribution in [0.1, 0.15) is 37.3 Å². The van der Waals surface area contributed by atoms with Crippen LogP contribution in [-0.4, -0.2) is 30.7 Å². The summed E-state index contributed by atoms with van der Waals surface area (Å²) < 4.78 is 11.6. The molecule has 3 rings (SSSR count). The van der Waals surface area contributed by atoms with E-state index < -0.39 is 11.9 Å². The number of hydrogen-bond acceptors (Lipinski definition) is 5. The zero-order valence-electron chi connectivity index (χ0n) is 12.2. The third-order valence-corrected chi connectivity index (χ3v) is 4.90. The van der Waals surface area contributed by atoms with E-state index in [2.05, 4.69) is 0 Å². The lowest BCUT2D eigenvalue weighted by atomic mass is 10.1. The molecular formula is C16H15NO4S. The number of carbonyl (C=O) groups excluding carboxylic acids is 2. The molecule has 0 aliphatic carbocycles. The highest BCUT2D eigenvalue weighted by Crippen LogP contribution is 2.43. The van der Waals surface area contributed by atoms with Gasteiger partial charge in [0.05, 0.1) is 25.3 Å². The number of esters is 2. The summed E-state index contributed by atoms with van der Waals surface area (Å²) in [5.74, 6) is -0.399. The molecule has 0 saturated carbocycles. The summed E-state index contributed by atoms with van der Waals surface area (Å²) in [6.45, 7) is 0. The quantitative estimate of drug-likeness (QED) is 0.815. The highest BCUT2D eigenvalue weighted by Gasteiger charge is 2.34. The molecule has 1 aliphatic heterocycles. The summed E-state index contributed by atoms with van der Waals surface area (Å²) >= 11 is 1.70. The Morgan fingerprint density at radius 3 is 2.45 bits per heavy atom. The Balaban J connectivity index is 2.11. The molecule has 2 heterocycles. The Morgan fingerprint density at radius 1 is 1.14 bits per heavy atom. The molecule has 6 heteroatoms. The Morgan fingerprint density at radius 2 is 1.82 bits per heavy atom. The maximum absolute atomic E-state index is 12.1. The van der Waals surface area contributed by atoms with Crippen molar-refractivity contribution >= 4 is 23.7 Å². The maximum Gasteiger partial charge on any atom is 0.340 e.